The van der Waals surface area contributed by atoms with Crippen LogP contribution in [0, 0.1) is 0 Å². The molecule has 3 nitrogen and oxygen atoms in total. The molecule has 3 atom stereocenters. The van der Waals surface area contributed by atoms with Gasteiger partial charge in [0.25, 0.3) is 0 Å². The van der Waals surface area contributed by atoms with E-state index < -0.39 is 48.6 Å². The number of ether oxygens (including phenoxy) is 1. The van der Waals surface area contributed by atoms with Gasteiger partial charge in [-0.3, -0.25) is 0 Å². The van der Waals surface area contributed by atoms with Gasteiger partial charge in [0.2, 0.25) is 5.60 Å². The van der Waals surface area contributed by atoms with Gasteiger partial charge in [0.05, 0.1) is 0 Å². The highest BCUT2D eigenvalue weighted by atomic mass is 19.4. The van der Waals surface area contributed by atoms with Crippen molar-refractivity contribution in [2.24, 2.45) is 0 Å². The van der Waals surface area contributed by atoms with Crippen LogP contribution in [0.25, 0.3) is 0 Å². The first-order chi connectivity index (χ1) is 8.86. The van der Waals surface area contributed by atoms with Crippen LogP contribution in [-0.4, -0.2) is 51.9 Å². The van der Waals surface area contributed by atoms with Gasteiger partial charge in [-0.05, 0) is 6.92 Å². The molecule has 0 aromatic carbocycles. The first-order valence-corrected chi connectivity index (χ1v) is 4.86. The normalized spacial score (nSPS) is 40.1. The summed E-state index contributed by atoms with van der Waals surface area (Å²) in [6.45, 7) is -0.692. The predicted molar refractivity (Wildman–Crippen MR) is 42.5 cm³/mol. The van der Waals surface area contributed by atoms with E-state index in [-0.39, 0.29) is 0 Å². The molecule has 13 heteroatoms. The zero-order valence-corrected chi connectivity index (χ0v) is 9.66. The maximum atomic E-state index is 13.3. The first-order valence-electron chi connectivity index (χ1n) is 4.86. The fraction of sp³-hybridized carbons (Fsp3) is 1.00. The summed E-state index contributed by atoms with van der Waals surface area (Å²) in [6, 6.07) is 0. The number of hydrogen-bond donors (Lipinski definition) is 2. The summed E-state index contributed by atoms with van der Waals surface area (Å²) in [5.74, 6) is -18.0. The van der Waals surface area contributed by atoms with Crippen molar-refractivity contribution in [1.82, 2.24) is 0 Å². The minimum Gasteiger partial charge on any atom is -0.381 e. The summed E-state index contributed by atoms with van der Waals surface area (Å²) in [4.78, 5) is 0. The summed E-state index contributed by atoms with van der Waals surface area (Å²) in [5.41, 5.74) is -5.20. The minimum atomic E-state index is -6.60. The largest absolute Gasteiger partial charge is 0.449 e. The van der Waals surface area contributed by atoms with Gasteiger partial charge < -0.3 is 14.9 Å². The highest BCUT2D eigenvalue weighted by molar-refractivity contribution is 5.15. The standard InChI is InChI=1S/C8H6F10O3/c1-3(7(13,14)15)4(9,10)2(19)5(11,12)6(20,21-3)8(16,17)18/h2,19-20H,1H3. The van der Waals surface area contributed by atoms with Crippen molar-refractivity contribution >= 4 is 0 Å². The van der Waals surface area contributed by atoms with E-state index >= 15 is 0 Å². The number of halogens is 10. The van der Waals surface area contributed by atoms with Crippen LogP contribution in [0.3, 0.4) is 0 Å². The fourth-order valence-corrected chi connectivity index (χ4v) is 1.60. The Morgan fingerprint density at radius 1 is 0.857 bits per heavy atom. The van der Waals surface area contributed by atoms with Crippen LogP contribution in [0.15, 0.2) is 0 Å². The zero-order valence-electron chi connectivity index (χ0n) is 9.66. The third kappa shape index (κ3) is 2.00. The Bertz CT molecular complexity index is 391. The molecule has 3 unspecified atom stereocenters. The summed E-state index contributed by atoms with van der Waals surface area (Å²) in [5, 5.41) is 17.4. The van der Waals surface area contributed by atoms with Crippen molar-refractivity contribution in [2.75, 3.05) is 0 Å². The number of hydrogen-bond acceptors (Lipinski definition) is 3. The predicted octanol–water partition coefficient (Wildman–Crippen LogP) is 2.22. The Morgan fingerprint density at radius 2 is 1.24 bits per heavy atom. The molecule has 1 heterocycles. The van der Waals surface area contributed by atoms with Crippen LogP contribution in [0.4, 0.5) is 43.9 Å². The summed E-state index contributed by atoms with van der Waals surface area (Å²) in [7, 11) is 0. The topological polar surface area (TPSA) is 49.7 Å². The quantitative estimate of drug-likeness (QED) is 0.665. The van der Waals surface area contributed by atoms with E-state index in [9.17, 15) is 43.9 Å². The molecule has 2 N–H and O–H groups in total. The molecule has 126 valence electrons. The van der Waals surface area contributed by atoms with Crippen molar-refractivity contribution in [3.05, 3.63) is 0 Å². The Morgan fingerprint density at radius 3 is 1.52 bits per heavy atom. The molecule has 0 bridgehead atoms. The lowest BCUT2D eigenvalue weighted by atomic mass is 9.82. The third-order valence-electron chi connectivity index (χ3n) is 3.05. The molecule has 1 rings (SSSR count). The molecular formula is C8H6F10O3. The second-order valence-corrected chi connectivity index (χ2v) is 4.42. The Hall–Kier alpha value is -0.820. The third-order valence-corrected chi connectivity index (χ3v) is 3.05. The van der Waals surface area contributed by atoms with Gasteiger partial charge in [-0.2, -0.15) is 43.9 Å². The van der Waals surface area contributed by atoms with Crippen molar-refractivity contribution < 1.29 is 58.9 Å². The summed E-state index contributed by atoms with van der Waals surface area (Å²) >= 11 is 0. The lowest BCUT2D eigenvalue weighted by Gasteiger charge is -2.53. The molecule has 1 aliphatic heterocycles. The molecule has 0 aromatic rings. The van der Waals surface area contributed by atoms with E-state index in [1.165, 1.54) is 0 Å². The van der Waals surface area contributed by atoms with E-state index in [2.05, 4.69) is 4.74 Å². The van der Waals surface area contributed by atoms with Crippen molar-refractivity contribution in [2.45, 2.75) is 48.6 Å². The molecule has 1 fully saturated rings. The number of aliphatic hydroxyl groups is 2. The van der Waals surface area contributed by atoms with Gasteiger partial charge in [-0.1, -0.05) is 0 Å². The van der Waals surface area contributed by atoms with E-state index in [4.69, 9.17) is 10.2 Å². The van der Waals surface area contributed by atoms with Crippen molar-refractivity contribution in [3.63, 3.8) is 0 Å². The lowest BCUT2D eigenvalue weighted by Crippen LogP contribution is -2.81. The Kier molecular flexibility index (Phi) is 3.58. The molecule has 0 amide bonds. The highest BCUT2D eigenvalue weighted by Gasteiger charge is 2.89. The van der Waals surface area contributed by atoms with Crippen LogP contribution >= 0.6 is 0 Å². The van der Waals surface area contributed by atoms with Crippen LogP contribution in [0.5, 0.6) is 0 Å². The van der Waals surface area contributed by atoms with Crippen molar-refractivity contribution in [3.8, 4) is 0 Å². The zero-order chi connectivity index (χ0) is 17.3. The molecule has 0 aliphatic carbocycles. The highest BCUT2D eigenvalue weighted by Crippen LogP contribution is 2.60. The fourth-order valence-electron chi connectivity index (χ4n) is 1.60. The number of rotatable bonds is 0. The molecule has 1 saturated heterocycles. The van der Waals surface area contributed by atoms with Gasteiger partial charge >= 0.3 is 30.0 Å². The van der Waals surface area contributed by atoms with Gasteiger partial charge in [-0.15, -0.1) is 0 Å². The Balaban J connectivity index is 3.64. The molecule has 21 heavy (non-hydrogen) atoms. The molecule has 1 aliphatic rings. The smallest absolute Gasteiger partial charge is 0.381 e. The molecule has 0 saturated carbocycles. The lowest BCUT2D eigenvalue weighted by molar-refractivity contribution is -0.537. The van der Waals surface area contributed by atoms with E-state index in [0.29, 0.717) is 0 Å². The van der Waals surface area contributed by atoms with Crippen LogP contribution in [0.2, 0.25) is 0 Å². The van der Waals surface area contributed by atoms with Gasteiger partial charge in [0.15, 0.2) is 6.10 Å². The van der Waals surface area contributed by atoms with Crippen LogP contribution < -0.4 is 0 Å². The second-order valence-electron chi connectivity index (χ2n) is 4.42. The SMILES string of the molecule is CC1(C(F)(F)F)OC(O)(C(F)(F)F)C(F)(F)C(O)C1(F)F. The maximum Gasteiger partial charge on any atom is 0.449 e. The van der Waals surface area contributed by atoms with E-state index in [1.807, 2.05) is 0 Å². The van der Waals surface area contributed by atoms with E-state index in [0.717, 1.165) is 0 Å². The molecule has 0 aromatic heterocycles. The average molecular weight is 340 g/mol. The average Bonchev–Trinajstić information content (AvgIpc) is 2.22. The summed E-state index contributed by atoms with van der Waals surface area (Å²) < 4.78 is 131. The monoisotopic (exact) mass is 340 g/mol. The molecular weight excluding hydrogens is 334 g/mol. The number of aliphatic hydroxyl groups excluding tert-OH is 1. The second kappa shape index (κ2) is 4.13. The van der Waals surface area contributed by atoms with Crippen molar-refractivity contribution in [1.29, 1.82) is 0 Å². The molecule has 0 spiro atoms. The number of alkyl halides is 10. The van der Waals surface area contributed by atoms with Gasteiger partial charge in [-0.25, -0.2) is 0 Å². The van der Waals surface area contributed by atoms with Gasteiger partial charge in [0, 0.05) is 0 Å². The minimum absolute atomic E-state index is 0.692. The van der Waals surface area contributed by atoms with E-state index in [1.54, 1.807) is 0 Å². The van der Waals surface area contributed by atoms with Crippen LogP contribution in [-0.2, 0) is 4.74 Å². The summed E-state index contributed by atoms with van der Waals surface area (Å²) in [6.07, 6.45) is -17.7. The Labute approximate surface area is 109 Å². The maximum absolute atomic E-state index is 13.3. The molecule has 0 radical (unpaired) electrons. The van der Waals surface area contributed by atoms with Gasteiger partial charge in [0.1, 0.15) is 0 Å². The van der Waals surface area contributed by atoms with Crippen LogP contribution in [0.1, 0.15) is 6.92 Å². The first kappa shape index (κ1) is 18.2.